The number of carbonyl (C=O) groups is 1. The van der Waals surface area contributed by atoms with E-state index in [-0.39, 0.29) is 13.2 Å². The first-order chi connectivity index (χ1) is 15.1. The largest absolute Gasteiger partial charge is 0.492 e. The van der Waals surface area contributed by atoms with Crippen molar-refractivity contribution in [2.45, 2.75) is 45.5 Å². The normalized spacial score (nSPS) is 17.0. The van der Waals surface area contributed by atoms with Crippen molar-refractivity contribution in [2.75, 3.05) is 6.54 Å². The predicted molar refractivity (Wildman–Crippen MR) is 125 cm³/mol. The van der Waals surface area contributed by atoms with Crippen LogP contribution in [0.5, 0.6) is 0 Å². The second kappa shape index (κ2) is 9.78. The summed E-state index contributed by atoms with van der Waals surface area (Å²) in [6.45, 7) is 8.08. The van der Waals surface area contributed by atoms with Crippen LogP contribution in [0.15, 0.2) is 54.0 Å². The minimum absolute atomic E-state index is 0.113. The van der Waals surface area contributed by atoms with Crippen molar-refractivity contribution in [3.05, 3.63) is 75.7 Å². The molecule has 1 aliphatic rings. The van der Waals surface area contributed by atoms with Gasteiger partial charge in [-0.2, -0.15) is 5.26 Å². The fourth-order valence-corrected chi connectivity index (χ4v) is 3.28. The molecule has 0 unspecified atom stereocenters. The number of halogens is 1. The predicted octanol–water partition coefficient (Wildman–Crippen LogP) is 5.15. The first-order valence-electron chi connectivity index (χ1n) is 10.3. The third kappa shape index (κ3) is 5.71. The zero-order valence-corrected chi connectivity index (χ0v) is 19.4. The van der Waals surface area contributed by atoms with Crippen LogP contribution in [0.1, 0.15) is 44.4 Å². The van der Waals surface area contributed by atoms with Gasteiger partial charge < -0.3 is 19.4 Å². The highest BCUT2D eigenvalue weighted by Gasteiger charge is 2.52. The second-order valence-electron chi connectivity index (χ2n) is 8.57. The molecule has 1 fully saturated rings. The van der Waals surface area contributed by atoms with Gasteiger partial charge in [-0.05, 0) is 62.5 Å². The number of nitrogens with one attached hydrogen (secondary N) is 1. The third-order valence-corrected chi connectivity index (χ3v) is 5.92. The molecule has 3 rings (SSSR count). The third-order valence-electron chi connectivity index (χ3n) is 5.68. The van der Waals surface area contributed by atoms with Gasteiger partial charge in [0.1, 0.15) is 6.61 Å². The molecule has 166 valence electrons. The molecule has 0 atom stereocenters. The molecule has 0 aliphatic carbocycles. The molecule has 1 aliphatic heterocycles. The standard InChI is InChI=1S/C24H26BClN2O4/c1-23(2)24(3,4)32-25(31-23)20(12-19-13-21(26)11-10-18(19)14-27)15-28-22(29)30-16-17-8-6-5-7-9-17/h5-13H,15-16H2,1-4H3,(H,28,29). The Labute approximate surface area is 194 Å². The number of nitriles is 1. The summed E-state index contributed by atoms with van der Waals surface area (Å²) in [6, 6.07) is 16.6. The van der Waals surface area contributed by atoms with Gasteiger partial charge in [-0.1, -0.05) is 48.0 Å². The summed E-state index contributed by atoms with van der Waals surface area (Å²) in [6.07, 6.45) is 1.20. The van der Waals surface area contributed by atoms with Gasteiger partial charge >= 0.3 is 13.2 Å². The smallest absolute Gasteiger partial charge is 0.445 e. The summed E-state index contributed by atoms with van der Waals surface area (Å²) in [4.78, 5) is 12.3. The Morgan fingerprint density at radius 1 is 1.16 bits per heavy atom. The Morgan fingerprint density at radius 3 is 2.44 bits per heavy atom. The molecular weight excluding hydrogens is 427 g/mol. The van der Waals surface area contributed by atoms with E-state index >= 15 is 0 Å². The van der Waals surface area contributed by atoms with Crippen LogP contribution < -0.4 is 5.32 Å². The van der Waals surface area contributed by atoms with E-state index in [9.17, 15) is 10.1 Å². The van der Waals surface area contributed by atoms with Crippen molar-refractivity contribution in [1.82, 2.24) is 5.32 Å². The van der Waals surface area contributed by atoms with Crippen LogP contribution in [0.25, 0.3) is 6.08 Å². The fraction of sp³-hybridized carbons (Fsp3) is 0.333. The van der Waals surface area contributed by atoms with Gasteiger partial charge in [0.2, 0.25) is 0 Å². The van der Waals surface area contributed by atoms with Gasteiger partial charge in [0.15, 0.2) is 0 Å². The van der Waals surface area contributed by atoms with Crippen molar-refractivity contribution >= 4 is 30.9 Å². The summed E-state index contributed by atoms with van der Waals surface area (Å²) < 4.78 is 17.6. The number of hydrogen-bond acceptors (Lipinski definition) is 5. The van der Waals surface area contributed by atoms with E-state index in [4.69, 9.17) is 25.6 Å². The summed E-state index contributed by atoms with van der Waals surface area (Å²) >= 11 is 6.14. The van der Waals surface area contributed by atoms with E-state index in [2.05, 4.69) is 11.4 Å². The molecular formula is C24H26BClN2O4. The average molecular weight is 453 g/mol. The lowest BCUT2D eigenvalue weighted by atomic mass is 9.76. The molecule has 0 aromatic heterocycles. The maximum atomic E-state index is 12.3. The van der Waals surface area contributed by atoms with Crippen molar-refractivity contribution in [1.29, 1.82) is 5.26 Å². The first kappa shape index (κ1) is 23.9. The molecule has 1 N–H and O–H groups in total. The van der Waals surface area contributed by atoms with E-state index in [1.165, 1.54) is 0 Å². The van der Waals surface area contributed by atoms with Crippen molar-refractivity contribution < 1.29 is 18.8 Å². The number of nitrogens with zero attached hydrogens (tertiary/aromatic N) is 1. The molecule has 2 aromatic rings. The van der Waals surface area contributed by atoms with E-state index in [0.29, 0.717) is 21.6 Å². The average Bonchev–Trinajstić information content (AvgIpc) is 2.97. The topological polar surface area (TPSA) is 80.6 Å². The maximum absolute atomic E-state index is 12.3. The van der Waals surface area contributed by atoms with Gasteiger partial charge in [0.05, 0.1) is 22.8 Å². The van der Waals surface area contributed by atoms with E-state index in [0.717, 1.165) is 5.56 Å². The Kier molecular flexibility index (Phi) is 7.30. The number of ether oxygens (including phenoxy) is 1. The monoisotopic (exact) mass is 452 g/mol. The second-order valence-corrected chi connectivity index (χ2v) is 9.00. The van der Waals surface area contributed by atoms with Crippen LogP contribution in [0.4, 0.5) is 4.79 Å². The highest BCUT2D eigenvalue weighted by atomic mass is 35.5. The first-order valence-corrected chi connectivity index (χ1v) is 10.7. The lowest BCUT2D eigenvalue weighted by Crippen LogP contribution is -2.41. The van der Waals surface area contributed by atoms with Gasteiger partial charge in [-0.15, -0.1) is 0 Å². The van der Waals surface area contributed by atoms with Crippen molar-refractivity contribution in [2.24, 2.45) is 0 Å². The van der Waals surface area contributed by atoms with Gasteiger partial charge in [0.25, 0.3) is 0 Å². The van der Waals surface area contributed by atoms with Crippen molar-refractivity contribution in [3.63, 3.8) is 0 Å². The minimum Gasteiger partial charge on any atom is -0.445 e. The molecule has 6 nitrogen and oxygen atoms in total. The molecule has 32 heavy (non-hydrogen) atoms. The lowest BCUT2D eigenvalue weighted by Gasteiger charge is -2.32. The van der Waals surface area contributed by atoms with Crippen molar-refractivity contribution in [3.8, 4) is 6.07 Å². The Hall–Kier alpha value is -2.79. The summed E-state index contributed by atoms with van der Waals surface area (Å²) in [5.74, 6) is 0. The SMILES string of the molecule is CC1(C)OB(C(=Cc2cc(Cl)ccc2C#N)CNC(=O)OCc2ccccc2)OC1(C)C. The Balaban J connectivity index is 1.79. The zero-order chi connectivity index (χ0) is 23.4. The maximum Gasteiger partial charge on any atom is 0.492 e. The number of amides is 1. The Morgan fingerprint density at radius 2 is 1.81 bits per heavy atom. The highest BCUT2D eigenvalue weighted by molar-refractivity contribution is 6.56. The van der Waals surface area contributed by atoms with Gasteiger partial charge in [-0.25, -0.2) is 4.79 Å². The number of rotatable bonds is 6. The number of hydrogen-bond donors (Lipinski definition) is 1. The zero-order valence-electron chi connectivity index (χ0n) is 18.6. The van der Waals surface area contributed by atoms with Crippen LogP contribution in [0.2, 0.25) is 5.02 Å². The highest BCUT2D eigenvalue weighted by Crippen LogP contribution is 2.39. The molecule has 1 saturated heterocycles. The van der Waals surface area contributed by atoms with E-state index in [1.807, 2.05) is 58.0 Å². The molecule has 2 aromatic carbocycles. The van der Waals surface area contributed by atoms with E-state index in [1.54, 1.807) is 24.3 Å². The molecule has 1 heterocycles. The van der Waals surface area contributed by atoms with Gasteiger partial charge in [-0.3, -0.25) is 0 Å². The molecule has 0 radical (unpaired) electrons. The van der Waals surface area contributed by atoms with Crippen LogP contribution in [-0.4, -0.2) is 31.0 Å². The number of alkyl carbamates (subject to hydrolysis) is 1. The fourth-order valence-electron chi connectivity index (χ4n) is 3.10. The molecule has 1 amide bonds. The van der Waals surface area contributed by atoms with Gasteiger partial charge in [0, 0.05) is 11.6 Å². The summed E-state index contributed by atoms with van der Waals surface area (Å²) in [5.41, 5.74) is 1.48. The molecule has 8 heteroatoms. The van der Waals surface area contributed by atoms with Crippen LogP contribution in [0, 0.1) is 11.3 Å². The van der Waals surface area contributed by atoms with Crippen LogP contribution in [-0.2, 0) is 20.7 Å². The molecule has 0 spiro atoms. The Bertz CT molecular complexity index is 1030. The quantitative estimate of drug-likeness (QED) is 0.613. The molecule has 0 bridgehead atoms. The lowest BCUT2D eigenvalue weighted by molar-refractivity contribution is 0.00578. The minimum atomic E-state index is -0.708. The molecule has 0 saturated carbocycles. The van der Waals surface area contributed by atoms with Crippen LogP contribution >= 0.6 is 11.6 Å². The number of carbonyl (C=O) groups excluding carboxylic acids is 1. The summed E-state index contributed by atoms with van der Waals surface area (Å²) in [5, 5.41) is 12.7. The van der Waals surface area contributed by atoms with Crippen LogP contribution in [0.3, 0.4) is 0 Å². The summed E-state index contributed by atoms with van der Waals surface area (Å²) in [7, 11) is -0.708. The number of benzene rings is 2. The van der Waals surface area contributed by atoms with E-state index < -0.39 is 24.4 Å².